The van der Waals surface area contributed by atoms with Crippen molar-refractivity contribution < 1.29 is 14.6 Å². The molecule has 23 heavy (non-hydrogen) atoms. The van der Waals surface area contributed by atoms with Gasteiger partial charge in [0.05, 0.1) is 7.11 Å². The zero-order chi connectivity index (χ0) is 16.2. The van der Waals surface area contributed by atoms with Crippen molar-refractivity contribution in [3.05, 3.63) is 23.8 Å². The number of carbonyl (C=O) groups excluding carboxylic acids is 1. The summed E-state index contributed by atoms with van der Waals surface area (Å²) in [5, 5.41) is 9.96. The van der Waals surface area contributed by atoms with Gasteiger partial charge in [-0.05, 0) is 56.5 Å². The highest BCUT2D eigenvalue weighted by molar-refractivity contribution is 5.84. The molecule has 0 amide bonds. The summed E-state index contributed by atoms with van der Waals surface area (Å²) in [6, 6.07) is 6.10. The van der Waals surface area contributed by atoms with E-state index in [1.54, 1.807) is 13.2 Å². The SMILES string of the molecule is COc1cc([C@@]23CCN(C)[C@@H]2[C@H]2CCC[C@@H]3CC2=O)ccc1O. The van der Waals surface area contributed by atoms with Gasteiger partial charge >= 0.3 is 0 Å². The van der Waals surface area contributed by atoms with E-state index in [4.69, 9.17) is 4.74 Å². The van der Waals surface area contributed by atoms with Crippen molar-refractivity contribution in [2.45, 2.75) is 43.6 Å². The zero-order valence-corrected chi connectivity index (χ0v) is 13.9. The minimum atomic E-state index is 0.0325. The molecule has 4 aliphatic rings. The molecule has 1 aliphatic heterocycles. The fourth-order valence-electron chi connectivity index (χ4n) is 5.69. The van der Waals surface area contributed by atoms with Gasteiger partial charge in [-0.25, -0.2) is 0 Å². The number of methoxy groups -OCH3 is 1. The van der Waals surface area contributed by atoms with Crippen LogP contribution in [0.3, 0.4) is 0 Å². The summed E-state index contributed by atoms with van der Waals surface area (Å²) >= 11 is 0. The minimum Gasteiger partial charge on any atom is -0.504 e. The number of phenolic OH excluding ortho intramolecular Hbond substituents is 1. The lowest BCUT2D eigenvalue weighted by atomic mass is 9.57. The first-order valence-corrected chi connectivity index (χ1v) is 8.68. The number of nitrogens with zero attached hydrogens (tertiary/aromatic N) is 1. The predicted molar refractivity (Wildman–Crippen MR) is 87.8 cm³/mol. The van der Waals surface area contributed by atoms with E-state index in [1.165, 1.54) is 5.56 Å². The van der Waals surface area contributed by atoms with E-state index < -0.39 is 0 Å². The smallest absolute Gasteiger partial charge is 0.160 e. The van der Waals surface area contributed by atoms with Crippen LogP contribution in [-0.4, -0.2) is 42.5 Å². The number of benzene rings is 1. The Kier molecular flexibility index (Phi) is 3.41. The van der Waals surface area contributed by atoms with Gasteiger partial charge in [-0.1, -0.05) is 12.5 Å². The van der Waals surface area contributed by atoms with Crippen LogP contribution in [-0.2, 0) is 10.2 Å². The monoisotopic (exact) mass is 315 g/mol. The van der Waals surface area contributed by atoms with Gasteiger partial charge in [0.1, 0.15) is 5.78 Å². The molecular formula is C19H25NO3. The molecule has 5 rings (SSSR count). The number of Topliss-reactive ketones (excluding diaryl/α,β-unsaturated/α-hetero) is 1. The second kappa shape index (κ2) is 5.23. The number of hydrogen-bond acceptors (Lipinski definition) is 4. The van der Waals surface area contributed by atoms with E-state index in [0.29, 0.717) is 23.5 Å². The van der Waals surface area contributed by atoms with E-state index in [1.807, 2.05) is 6.07 Å². The lowest BCUT2D eigenvalue weighted by Crippen LogP contribution is -2.55. The van der Waals surface area contributed by atoms with Crippen LogP contribution in [0.1, 0.15) is 37.7 Å². The summed E-state index contributed by atoms with van der Waals surface area (Å²) in [5.74, 6) is 1.77. The Morgan fingerprint density at radius 1 is 1.35 bits per heavy atom. The molecule has 3 aliphatic carbocycles. The standard InChI is InChI=1S/C19H25NO3/c1-20-9-8-19(13-6-7-15(21)17(11-13)23-2)12-4-3-5-14(18(19)20)16(22)10-12/h6-7,11-12,14,18,21H,3-5,8-10H2,1-2H3/t12-,14+,18-,19+/m1/s1. The Morgan fingerprint density at radius 2 is 2.17 bits per heavy atom. The van der Waals surface area contributed by atoms with Gasteiger partial charge in [-0.2, -0.15) is 0 Å². The summed E-state index contributed by atoms with van der Waals surface area (Å²) in [4.78, 5) is 15.0. The third-order valence-electron chi connectivity index (χ3n) is 6.64. The van der Waals surface area contributed by atoms with Crippen LogP contribution in [0.25, 0.3) is 0 Å². The van der Waals surface area contributed by atoms with Crippen molar-refractivity contribution in [1.82, 2.24) is 4.90 Å². The van der Waals surface area contributed by atoms with Gasteiger partial charge in [0.15, 0.2) is 11.5 Å². The summed E-state index contributed by atoms with van der Waals surface area (Å²) < 4.78 is 5.35. The van der Waals surface area contributed by atoms with Crippen LogP contribution >= 0.6 is 0 Å². The Labute approximate surface area is 137 Å². The maximum Gasteiger partial charge on any atom is 0.160 e. The van der Waals surface area contributed by atoms with Crippen molar-refractivity contribution in [3.8, 4) is 11.5 Å². The zero-order valence-electron chi connectivity index (χ0n) is 13.9. The Hall–Kier alpha value is -1.55. The average Bonchev–Trinajstić information content (AvgIpc) is 2.70. The van der Waals surface area contributed by atoms with Crippen molar-refractivity contribution >= 4 is 5.78 Å². The molecule has 1 heterocycles. The van der Waals surface area contributed by atoms with Crippen LogP contribution in [0.5, 0.6) is 11.5 Å². The quantitative estimate of drug-likeness (QED) is 0.912. The number of aromatic hydroxyl groups is 1. The van der Waals surface area contributed by atoms with E-state index >= 15 is 0 Å². The summed E-state index contributed by atoms with van der Waals surface area (Å²) in [5.41, 5.74) is 1.27. The maximum atomic E-state index is 12.6. The fourth-order valence-corrected chi connectivity index (χ4v) is 5.69. The molecule has 4 heteroatoms. The Balaban J connectivity index is 1.88. The third-order valence-corrected chi connectivity index (χ3v) is 6.64. The molecule has 4 fully saturated rings. The van der Waals surface area contributed by atoms with Gasteiger partial charge in [0.2, 0.25) is 0 Å². The molecule has 0 aromatic heterocycles. The van der Waals surface area contributed by atoms with Crippen LogP contribution in [0.4, 0.5) is 0 Å². The second-order valence-corrected chi connectivity index (χ2v) is 7.51. The molecule has 1 N–H and O–H groups in total. The number of ether oxygens (including phenoxy) is 1. The lowest BCUT2D eigenvalue weighted by Gasteiger charge is -2.48. The van der Waals surface area contributed by atoms with Crippen molar-refractivity contribution in [2.75, 3.05) is 20.7 Å². The summed E-state index contributed by atoms with van der Waals surface area (Å²) in [6.07, 6.45) is 5.13. The van der Waals surface area contributed by atoms with E-state index in [2.05, 4.69) is 18.0 Å². The van der Waals surface area contributed by atoms with E-state index in [9.17, 15) is 9.90 Å². The van der Waals surface area contributed by atoms with Gasteiger partial charge in [-0.15, -0.1) is 0 Å². The summed E-state index contributed by atoms with van der Waals surface area (Å²) in [6.45, 7) is 1.04. The normalized spacial score (nSPS) is 36.8. The Morgan fingerprint density at radius 3 is 2.96 bits per heavy atom. The first-order valence-electron chi connectivity index (χ1n) is 8.68. The highest BCUT2D eigenvalue weighted by atomic mass is 16.5. The maximum absolute atomic E-state index is 12.6. The molecule has 0 unspecified atom stereocenters. The molecular weight excluding hydrogens is 290 g/mol. The average molecular weight is 315 g/mol. The molecule has 4 atom stereocenters. The number of phenols is 1. The number of rotatable bonds is 2. The molecule has 1 saturated heterocycles. The second-order valence-electron chi connectivity index (χ2n) is 7.51. The highest BCUT2D eigenvalue weighted by Gasteiger charge is 2.60. The van der Waals surface area contributed by atoms with Crippen LogP contribution in [0.15, 0.2) is 18.2 Å². The van der Waals surface area contributed by atoms with Crippen LogP contribution < -0.4 is 4.74 Å². The molecule has 2 bridgehead atoms. The minimum absolute atomic E-state index is 0.0325. The number of likely N-dealkylation sites (N-methyl/N-ethyl adjacent to an activating group) is 1. The number of carbonyl (C=O) groups is 1. The number of hydrogen-bond donors (Lipinski definition) is 1. The van der Waals surface area contributed by atoms with E-state index in [-0.39, 0.29) is 17.1 Å². The van der Waals surface area contributed by atoms with Gasteiger partial charge in [-0.3, -0.25) is 4.79 Å². The highest BCUT2D eigenvalue weighted by Crippen LogP contribution is 2.57. The van der Waals surface area contributed by atoms with Crippen LogP contribution in [0, 0.1) is 11.8 Å². The van der Waals surface area contributed by atoms with Crippen molar-refractivity contribution in [2.24, 2.45) is 11.8 Å². The molecule has 1 aromatic carbocycles. The number of likely N-dealkylation sites (tertiary alicyclic amines) is 1. The van der Waals surface area contributed by atoms with Crippen molar-refractivity contribution in [1.29, 1.82) is 0 Å². The first-order chi connectivity index (χ1) is 11.1. The third kappa shape index (κ3) is 1.97. The molecule has 4 nitrogen and oxygen atoms in total. The van der Waals surface area contributed by atoms with Crippen molar-refractivity contribution in [3.63, 3.8) is 0 Å². The predicted octanol–water partition coefficient (Wildman–Crippen LogP) is 2.73. The topological polar surface area (TPSA) is 49.8 Å². The van der Waals surface area contributed by atoms with Gasteiger partial charge in [0, 0.05) is 23.8 Å². The lowest BCUT2D eigenvalue weighted by molar-refractivity contribution is -0.130. The molecule has 0 radical (unpaired) electrons. The molecule has 0 spiro atoms. The first kappa shape index (κ1) is 15.0. The summed E-state index contributed by atoms with van der Waals surface area (Å²) in [7, 11) is 3.76. The number of fused-ring (bicyclic) bond motifs is 3. The molecule has 3 saturated carbocycles. The van der Waals surface area contributed by atoms with Crippen LogP contribution in [0.2, 0.25) is 0 Å². The molecule has 1 aromatic rings. The largest absolute Gasteiger partial charge is 0.504 e. The van der Waals surface area contributed by atoms with Gasteiger partial charge < -0.3 is 14.7 Å². The Bertz CT molecular complexity index is 644. The molecule has 124 valence electrons. The van der Waals surface area contributed by atoms with E-state index in [0.717, 1.165) is 38.6 Å². The fraction of sp³-hybridized carbons (Fsp3) is 0.632. The number of ketones is 1. The van der Waals surface area contributed by atoms with Gasteiger partial charge in [0.25, 0.3) is 0 Å².